The second-order valence-corrected chi connectivity index (χ2v) is 9.84. The molecule has 2 aromatic carbocycles. The van der Waals surface area contributed by atoms with Crippen LogP contribution in [0.25, 0.3) is 0 Å². The number of fused-ring (bicyclic) bond motifs is 1. The van der Waals surface area contributed by atoms with Crippen molar-refractivity contribution in [3.63, 3.8) is 0 Å². The van der Waals surface area contributed by atoms with Crippen LogP contribution < -0.4 is 20.7 Å². The van der Waals surface area contributed by atoms with Crippen molar-refractivity contribution in [2.45, 2.75) is 55.5 Å². The van der Waals surface area contributed by atoms with Crippen molar-refractivity contribution in [2.75, 3.05) is 12.4 Å². The topological polar surface area (TPSA) is 117 Å². The molecule has 0 fully saturated rings. The molecular weight excluding hydrogens is 454 g/mol. The summed E-state index contributed by atoms with van der Waals surface area (Å²) in [5, 5.41) is 17.8. The Hall–Kier alpha value is -3.04. The van der Waals surface area contributed by atoms with Crippen molar-refractivity contribution < 1.29 is 24.2 Å². The minimum absolute atomic E-state index is 0.128. The predicted molar refractivity (Wildman–Crippen MR) is 132 cm³/mol. The lowest BCUT2D eigenvalue weighted by Crippen LogP contribution is -2.54. The SMILES string of the molecule is COc1ccc([C@H]2Sc3ccccc3NC(=O)[C@@H]2NC(=O)[C@H](C)NC(=O)[C@@H](O)CC(C)C)cc1. The third-order valence-electron chi connectivity index (χ3n) is 5.48. The lowest BCUT2D eigenvalue weighted by molar-refractivity contribution is -0.134. The highest BCUT2D eigenvalue weighted by Crippen LogP contribution is 2.44. The minimum Gasteiger partial charge on any atom is -0.497 e. The van der Waals surface area contributed by atoms with Gasteiger partial charge in [0.05, 0.1) is 18.0 Å². The zero-order valence-corrected chi connectivity index (χ0v) is 20.5. The summed E-state index contributed by atoms with van der Waals surface area (Å²) >= 11 is 1.47. The number of nitrogens with one attached hydrogen (secondary N) is 3. The normalized spacial score (nSPS) is 19.3. The molecular formula is C25H31N3O5S. The average molecular weight is 486 g/mol. The van der Waals surface area contributed by atoms with E-state index in [-0.39, 0.29) is 11.8 Å². The number of methoxy groups -OCH3 is 1. The van der Waals surface area contributed by atoms with Gasteiger partial charge in [-0.3, -0.25) is 14.4 Å². The molecule has 9 heteroatoms. The fraction of sp³-hybridized carbons (Fsp3) is 0.400. The number of aliphatic hydroxyl groups excluding tert-OH is 1. The molecule has 1 aliphatic rings. The van der Waals surface area contributed by atoms with E-state index >= 15 is 0 Å². The highest BCUT2D eigenvalue weighted by atomic mass is 32.2. The number of carbonyl (C=O) groups is 3. The Balaban J connectivity index is 1.82. The van der Waals surface area contributed by atoms with E-state index in [9.17, 15) is 19.5 Å². The summed E-state index contributed by atoms with van der Waals surface area (Å²) in [5.74, 6) is -0.678. The quantitative estimate of drug-likeness (QED) is 0.457. The number of thioether (sulfide) groups is 1. The number of hydrogen-bond donors (Lipinski definition) is 4. The summed E-state index contributed by atoms with van der Waals surface area (Å²) < 4.78 is 5.25. The number of aliphatic hydroxyl groups is 1. The van der Waals surface area contributed by atoms with Crippen molar-refractivity contribution in [2.24, 2.45) is 5.92 Å². The van der Waals surface area contributed by atoms with Crippen LogP contribution in [0.3, 0.4) is 0 Å². The van der Waals surface area contributed by atoms with Crippen molar-refractivity contribution in [3.8, 4) is 5.75 Å². The molecule has 4 atom stereocenters. The molecule has 0 aliphatic carbocycles. The number of benzene rings is 2. The van der Waals surface area contributed by atoms with E-state index in [2.05, 4.69) is 16.0 Å². The highest BCUT2D eigenvalue weighted by Gasteiger charge is 2.36. The molecule has 0 saturated heterocycles. The monoisotopic (exact) mass is 485 g/mol. The molecule has 0 aromatic heterocycles. The zero-order valence-electron chi connectivity index (χ0n) is 19.7. The fourth-order valence-electron chi connectivity index (χ4n) is 3.63. The largest absolute Gasteiger partial charge is 0.497 e. The number of ether oxygens (including phenoxy) is 1. The fourth-order valence-corrected chi connectivity index (χ4v) is 4.93. The van der Waals surface area contributed by atoms with Gasteiger partial charge in [0.15, 0.2) is 0 Å². The van der Waals surface area contributed by atoms with Gasteiger partial charge in [-0.25, -0.2) is 0 Å². The molecule has 3 rings (SSSR count). The number of para-hydroxylation sites is 1. The third-order valence-corrected chi connectivity index (χ3v) is 6.88. The Kier molecular flexibility index (Phi) is 8.57. The number of amides is 3. The zero-order chi connectivity index (χ0) is 24.8. The van der Waals surface area contributed by atoms with Gasteiger partial charge in [0.25, 0.3) is 0 Å². The number of carbonyl (C=O) groups excluding carboxylic acids is 3. The molecule has 1 aliphatic heterocycles. The summed E-state index contributed by atoms with van der Waals surface area (Å²) in [6, 6.07) is 13.0. The molecule has 2 aromatic rings. The second kappa shape index (κ2) is 11.4. The van der Waals surface area contributed by atoms with Gasteiger partial charge in [0.2, 0.25) is 17.7 Å². The highest BCUT2D eigenvalue weighted by molar-refractivity contribution is 7.99. The minimum atomic E-state index is -1.20. The van der Waals surface area contributed by atoms with Crippen LogP contribution in [-0.2, 0) is 14.4 Å². The number of rotatable bonds is 8. The second-order valence-electron chi connectivity index (χ2n) is 8.66. The molecule has 0 bridgehead atoms. The number of anilines is 1. The molecule has 4 N–H and O–H groups in total. The van der Waals surface area contributed by atoms with E-state index < -0.39 is 35.3 Å². The molecule has 8 nitrogen and oxygen atoms in total. The molecule has 0 radical (unpaired) electrons. The van der Waals surface area contributed by atoms with E-state index in [1.165, 1.54) is 18.7 Å². The molecule has 0 unspecified atom stereocenters. The van der Waals surface area contributed by atoms with Crippen LogP contribution in [0.1, 0.15) is 38.0 Å². The van der Waals surface area contributed by atoms with Crippen LogP contribution in [0.5, 0.6) is 5.75 Å². The molecule has 1 heterocycles. The van der Waals surface area contributed by atoms with E-state index in [4.69, 9.17) is 4.74 Å². The smallest absolute Gasteiger partial charge is 0.249 e. The maximum absolute atomic E-state index is 13.2. The maximum atomic E-state index is 13.2. The van der Waals surface area contributed by atoms with Crippen LogP contribution in [0.4, 0.5) is 5.69 Å². The lowest BCUT2D eigenvalue weighted by Gasteiger charge is -2.26. The van der Waals surface area contributed by atoms with E-state index in [1.807, 2.05) is 62.4 Å². The van der Waals surface area contributed by atoms with Crippen molar-refractivity contribution >= 4 is 35.2 Å². The van der Waals surface area contributed by atoms with Gasteiger partial charge in [-0.2, -0.15) is 0 Å². The summed E-state index contributed by atoms with van der Waals surface area (Å²) in [6.07, 6.45) is -0.909. The van der Waals surface area contributed by atoms with Crippen molar-refractivity contribution in [1.29, 1.82) is 0 Å². The van der Waals surface area contributed by atoms with Gasteiger partial charge in [-0.05, 0) is 49.1 Å². The third kappa shape index (κ3) is 6.30. The first-order valence-corrected chi connectivity index (χ1v) is 12.1. The van der Waals surface area contributed by atoms with Gasteiger partial charge in [-0.15, -0.1) is 11.8 Å². The Bertz CT molecular complexity index is 1030. The summed E-state index contributed by atoms with van der Waals surface area (Å²) in [4.78, 5) is 39.3. The molecule has 34 heavy (non-hydrogen) atoms. The summed E-state index contributed by atoms with van der Waals surface area (Å²) in [7, 11) is 1.58. The molecule has 0 saturated carbocycles. The van der Waals surface area contributed by atoms with Crippen LogP contribution >= 0.6 is 11.8 Å². The maximum Gasteiger partial charge on any atom is 0.249 e. The van der Waals surface area contributed by atoms with Crippen molar-refractivity contribution in [3.05, 3.63) is 54.1 Å². The van der Waals surface area contributed by atoms with Crippen LogP contribution in [0.15, 0.2) is 53.4 Å². The van der Waals surface area contributed by atoms with Crippen LogP contribution in [0.2, 0.25) is 0 Å². The van der Waals surface area contributed by atoms with Crippen LogP contribution in [-0.4, -0.2) is 48.1 Å². The lowest BCUT2D eigenvalue weighted by atomic mass is 10.0. The first-order chi connectivity index (χ1) is 16.2. The molecule has 3 amide bonds. The van der Waals surface area contributed by atoms with Crippen molar-refractivity contribution in [1.82, 2.24) is 10.6 Å². The van der Waals surface area contributed by atoms with Gasteiger partial charge in [-0.1, -0.05) is 38.1 Å². The van der Waals surface area contributed by atoms with Gasteiger partial charge < -0.3 is 25.8 Å². The molecule has 182 valence electrons. The van der Waals surface area contributed by atoms with E-state index in [1.54, 1.807) is 7.11 Å². The first kappa shape index (κ1) is 25.6. The van der Waals surface area contributed by atoms with Gasteiger partial charge in [0.1, 0.15) is 23.9 Å². The summed E-state index contributed by atoms with van der Waals surface area (Å²) in [6.45, 7) is 5.31. The number of hydrogen-bond acceptors (Lipinski definition) is 6. The predicted octanol–water partition coefficient (Wildman–Crippen LogP) is 2.88. The Morgan fingerprint density at radius 3 is 2.41 bits per heavy atom. The average Bonchev–Trinajstić information content (AvgIpc) is 2.94. The van der Waals surface area contributed by atoms with Crippen LogP contribution in [0, 0.1) is 5.92 Å². The standard InChI is InChI=1S/C25H31N3O5S/c1-14(2)13-19(29)24(31)26-15(3)23(30)28-21-22(16-9-11-17(33-4)12-10-16)34-20-8-6-5-7-18(20)27-25(21)32/h5-12,14-15,19,21-22,29H,13H2,1-4H3,(H,26,31)(H,27,32)(H,28,30)/t15-,19-,21+,22+/m0/s1. The Morgan fingerprint density at radius 2 is 1.76 bits per heavy atom. The van der Waals surface area contributed by atoms with E-state index in [0.717, 1.165) is 10.5 Å². The Labute approximate surface area is 203 Å². The first-order valence-electron chi connectivity index (χ1n) is 11.2. The van der Waals surface area contributed by atoms with E-state index in [0.29, 0.717) is 17.9 Å². The summed E-state index contributed by atoms with van der Waals surface area (Å²) in [5.41, 5.74) is 1.51. The van der Waals surface area contributed by atoms with Gasteiger partial charge >= 0.3 is 0 Å². The Morgan fingerprint density at radius 1 is 1.09 bits per heavy atom. The molecule has 0 spiro atoms. The van der Waals surface area contributed by atoms with Gasteiger partial charge in [0, 0.05) is 4.90 Å².